The highest BCUT2D eigenvalue weighted by molar-refractivity contribution is 7.90. The second kappa shape index (κ2) is 16.0. The first-order valence-corrected chi connectivity index (χ1v) is 18.2. The molecule has 2 heterocycles. The van der Waals surface area contributed by atoms with Crippen LogP contribution in [0.3, 0.4) is 0 Å². The monoisotopic (exact) mass is 674 g/mol. The number of nitrogens with one attached hydrogen (secondary N) is 1. The SMILES string of the molecule is COCCOC[C@H]1C(=O)NS(=O)(=O)c2ccc3c(c2)N(CCCCc2cc(Cl)ccc2CO3)C[C@@H]2CC[C@H]2[C@H](OC)/C=C/C[C@@H]1C. The van der Waals surface area contributed by atoms with Crippen molar-refractivity contribution in [2.75, 3.05) is 52.0 Å². The maximum absolute atomic E-state index is 13.8. The van der Waals surface area contributed by atoms with Crippen LogP contribution in [0.15, 0.2) is 53.4 Å². The fraction of sp³-hybridized carbons (Fsp3) is 0.571. The van der Waals surface area contributed by atoms with Crippen LogP contribution in [0.4, 0.5) is 5.69 Å². The zero-order chi connectivity index (χ0) is 32.7. The molecule has 2 aromatic carbocycles. The first kappa shape index (κ1) is 34.7. The number of hydrogen-bond acceptors (Lipinski definition) is 8. The van der Waals surface area contributed by atoms with Gasteiger partial charge in [-0.2, -0.15) is 0 Å². The summed E-state index contributed by atoms with van der Waals surface area (Å²) in [6.07, 6.45) is 9.59. The number of hydrogen-bond donors (Lipinski definition) is 1. The molecule has 5 atom stereocenters. The Labute approximate surface area is 278 Å². The number of nitrogens with zero attached hydrogens (tertiary/aromatic N) is 1. The highest BCUT2D eigenvalue weighted by Crippen LogP contribution is 2.42. The number of rotatable bonds is 6. The predicted molar refractivity (Wildman–Crippen MR) is 179 cm³/mol. The van der Waals surface area contributed by atoms with Gasteiger partial charge in [0.1, 0.15) is 12.4 Å². The molecule has 1 aliphatic carbocycles. The number of sulfonamides is 1. The molecule has 0 unspecified atom stereocenters. The van der Waals surface area contributed by atoms with E-state index in [-0.39, 0.29) is 23.5 Å². The van der Waals surface area contributed by atoms with Gasteiger partial charge in [-0.3, -0.25) is 4.79 Å². The molecule has 0 aromatic heterocycles. The largest absolute Gasteiger partial charge is 0.487 e. The van der Waals surface area contributed by atoms with Crippen molar-refractivity contribution in [3.63, 3.8) is 0 Å². The number of anilines is 1. The average molecular weight is 675 g/mol. The van der Waals surface area contributed by atoms with E-state index >= 15 is 0 Å². The van der Waals surface area contributed by atoms with Gasteiger partial charge in [-0.15, -0.1) is 0 Å². The van der Waals surface area contributed by atoms with Crippen molar-refractivity contribution in [1.29, 1.82) is 0 Å². The molecule has 1 fully saturated rings. The number of halogens is 1. The van der Waals surface area contributed by atoms with Crippen molar-refractivity contribution in [3.8, 4) is 5.75 Å². The molecule has 3 aliphatic rings. The number of fused-ring (bicyclic) bond motifs is 3. The topological polar surface area (TPSA) is 103 Å². The molecule has 1 amide bonds. The van der Waals surface area contributed by atoms with E-state index in [0.29, 0.717) is 54.5 Å². The van der Waals surface area contributed by atoms with Gasteiger partial charge in [-0.25, -0.2) is 13.1 Å². The van der Waals surface area contributed by atoms with E-state index < -0.39 is 21.8 Å². The molecule has 2 aromatic rings. The third-order valence-electron chi connectivity index (χ3n) is 9.70. The number of methoxy groups -OCH3 is 2. The highest BCUT2D eigenvalue weighted by Gasteiger charge is 2.38. The summed E-state index contributed by atoms with van der Waals surface area (Å²) >= 11 is 6.34. The zero-order valence-corrected chi connectivity index (χ0v) is 28.7. The smallest absolute Gasteiger partial charge is 0.264 e. The third kappa shape index (κ3) is 8.44. The number of ether oxygens (including phenoxy) is 4. The van der Waals surface area contributed by atoms with Crippen LogP contribution in [0.2, 0.25) is 5.02 Å². The van der Waals surface area contributed by atoms with Crippen molar-refractivity contribution in [2.45, 2.75) is 63.1 Å². The molecular formula is C35H47ClN2O7S. The van der Waals surface area contributed by atoms with E-state index in [0.717, 1.165) is 50.8 Å². The Kier molecular flexibility index (Phi) is 12.1. The Morgan fingerprint density at radius 2 is 1.91 bits per heavy atom. The second-order valence-corrected chi connectivity index (χ2v) is 14.8. The van der Waals surface area contributed by atoms with Crippen LogP contribution in [-0.4, -0.2) is 67.6 Å². The molecule has 252 valence electrons. The normalized spacial score (nSPS) is 27.5. The van der Waals surface area contributed by atoms with Crippen LogP contribution in [-0.2, 0) is 42.1 Å². The molecule has 9 nitrogen and oxygen atoms in total. The van der Waals surface area contributed by atoms with E-state index in [1.165, 1.54) is 11.6 Å². The van der Waals surface area contributed by atoms with Crippen LogP contribution < -0.4 is 14.4 Å². The van der Waals surface area contributed by atoms with E-state index in [1.54, 1.807) is 26.4 Å². The summed E-state index contributed by atoms with van der Waals surface area (Å²) in [5.41, 5.74) is 2.94. The molecule has 46 heavy (non-hydrogen) atoms. The van der Waals surface area contributed by atoms with E-state index in [1.807, 2.05) is 25.1 Å². The molecule has 2 bridgehead atoms. The Hall–Kier alpha value is -2.63. The van der Waals surface area contributed by atoms with Gasteiger partial charge >= 0.3 is 0 Å². The molecule has 5 rings (SSSR count). The van der Waals surface area contributed by atoms with Crippen LogP contribution in [0.5, 0.6) is 5.75 Å². The van der Waals surface area contributed by atoms with E-state index in [2.05, 4.69) is 21.8 Å². The first-order valence-electron chi connectivity index (χ1n) is 16.3. The summed E-state index contributed by atoms with van der Waals surface area (Å²) in [4.78, 5) is 15.9. The fourth-order valence-corrected chi connectivity index (χ4v) is 7.97. The Balaban J connectivity index is 1.53. The summed E-state index contributed by atoms with van der Waals surface area (Å²) in [6, 6.07) is 10.8. The van der Waals surface area contributed by atoms with Crippen molar-refractivity contribution >= 4 is 33.2 Å². The summed E-state index contributed by atoms with van der Waals surface area (Å²) in [7, 11) is -0.855. The van der Waals surface area contributed by atoms with Gasteiger partial charge in [0, 0.05) is 32.3 Å². The lowest BCUT2D eigenvalue weighted by Gasteiger charge is -2.43. The van der Waals surface area contributed by atoms with Crippen LogP contribution >= 0.6 is 11.6 Å². The van der Waals surface area contributed by atoms with E-state index in [4.69, 9.17) is 30.5 Å². The summed E-state index contributed by atoms with van der Waals surface area (Å²) in [5.74, 6) is -0.141. The number of carbonyl (C=O) groups excluding carboxylic acids is 1. The molecule has 0 radical (unpaired) electrons. The quantitative estimate of drug-likeness (QED) is 0.304. The molecule has 1 N–H and O–H groups in total. The number of benzene rings is 2. The minimum Gasteiger partial charge on any atom is -0.487 e. The average Bonchev–Trinajstić information content (AvgIpc) is 3.04. The van der Waals surface area contributed by atoms with Crippen molar-refractivity contribution in [3.05, 3.63) is 64.7 Å². The highest BCUT2D eigenvalue weighted by atomic mass is 35.5. The number of aryl methyl sites for hydroxylation is 1. The van der Waals surface area contributed by atoms with Gasteiger partial charge in [0.25, 0.3) is 10.0 Å². The van der Waals surface area contributed by atoms with E-state index in [9.17, 15) is 13.2 Å². The first-order chi connectivity index (χ1) is 22.2. The van der Waals surface area contributed by atoms with Gasteiger partial charge in [0.2, 0.25) is 5.91 Å². The van der Waals surface area contributed by atoms with Gasteiger partial charge in [0.05, 0.1) is 42.4 Å². The summed E-state index contributed by atoms with van der Waals surface area (Å²) in [6.45, 7) is 4.53. The Morgan fingerprint density at radius 1 is 1.07 bits per heavy atom. The lowest BCUT2D eigenvalue weighted by atomic mass is 9.70. The van der Waals surface area contributed by atoms with Crippen molar-refractivity contribution in [2.24, 2.45) is 23.7 Å². The standard InChI is InChI=1S/C35H47ClN2O7S/c1-24-7-6-9-33(43-3)30-14-11-26(30)21-38-16-5-4-8-25-19-28(36)12-10-27(25)22-45-34-15-13-29(20-32(34)38)46(40,41)37-35(39)31(24)23-44-18-17-42-2/h6,9-10,12-13,15,19-20,24,26,30-31,33H,4-5,7-8,11,14,16-18,21-23H2,1-3H3,(H,37,39)/b9-6+/t24-,26-,30+,31+,33+/m0/s1. The van der Waals surface area contributed by atoms with Gasteiger partial charge in [-0.1, -0.05) is 36.7 Å². The number of allylic oxidation sites excluding steroid dienone is 1. The Morgan fingerprint density at radius 3 is 2.67 bits per heavy atom. The number of amides is 1. The second-order valence-electron chi connectivity index (χ2n) is 12.7. The third-order valence-corrected chi connectivity index (χ3v) is 11.3. The molecule has 1 saturated carbocycles. The fourth-order valence-electron chi connectivity index (χ4n) is 6.73. The van der Waals surface area contributed by atoms with Crippen LogP contribution in [0.25, 0.3) is 0 Å². The Bertz CT molecular complexity index is 1480. The predicted octanol–water partition coefficient (Wildman–Crippen LogP) is 5.78. The summed E-state index contributed by atoms with van der Waals surface area (Å²) in [5, 5.41) is 0.701. The molecule has 0 saturated heterocycles. The van der Waals surface area contributed by atoms with Crippen LogP contribution in [0.1, 0.15) is 50.2 Å². The maximum Gasteiger partial charge on any atom is 0.264 e. The number of carbonyl (C=O) groups is 1. The molecular weight excluding hydrogens is 628 g/mol. The molecule has 2 aliphatic heterocycles. The lowest BCUT2D eigenvalue weighted by Crippen LogP contribution is -2.44. The zero-order valence-electron chi connectivity index (χ0n) is 27.1. The molecule has 11 heteroatoms. The van der Waals surface area contributed by atoms with Gasteiger partial charge in [0.15, 0.2) is 0 Å². The van der Waals surface area contributed by atoms with Gasteiger partial charge < -0.3 is 23.8 Å². The lowest BCUT2D eigenvalue weighted by molar-refractivity contribution is -0.127. The van der Waals surface area contributed by atoms with Crippen molar-refractivity contribution < 1.29 is 32.2 Å². The maximum atomic E-state index is 13.8. The minimum atomic E-state index is -4.19. The van der Waals surface area contributed by atoms with Gasteiger partial charge in [-0.05, 0) is 97.7 Å². The summed E-state index contributed by atoms with van der Waals surface area (Å²) < 4.78 is 53.1. The van der Waals surface area contributed by atoms with Crippen LogP contribution in [0, 0.1) is 23.7 Å². The minimum absolute atomic E-state index is 0.0221. The molecule has 0 spiro atoms. The van der Waals surface area contributed by atoms with Crippen molar-refractivity contribution in [1.82, 2.24) is 4.72 Å².